The fraction of sp³-hybridized carbons (Fsp3) is 0.250. The predicted molar refractivity (Wildman–Crippen MR) is 117 cm³/mol. The first-order chi connectivity index (χ1) is 14.5. The van der Waals surface area contributed by atoms with Gasteiger partial charge in [-0.15, -0.1) is 0 Å². The van der Waals surface area contributed by atoms with Crippen LogP contribution in [0.1, 0.15) is 28.9 Å². The van der Waals surface area contributed by atoms with Gasteiger partial charge in [0.15, 0.2) is 5.90 Å². The second-order valence-corrected chi connectivity index (χ2v) is 7.47. The first-order valence-electron chi connectivity index (χ1n) is 9.99. The number of aliphatic imine (C=N–C) groups is 1. The van der Waals surface area contributed by atoms with E-state index in [1.165, 1.54) is 24.3 Å². The Balaban J connectivity index is 1.51. The Labute approximate surface area is 174 Å². The molecule has 2 aromatic carbocycles. The van der Waals surface area contributed by atoms with Gasteiger partial charge in [-0.2, -0.15) is 0 Å². The van der Waals surface area contributed by atoms with Crippen molar-refractivity contribution >= 4 is 28.4 Å². The fourth-order valence-electron chi connectivity index (χ4n) is 3.86. The summed E-state index contributed by atoms with van der Waals surface area (Å²) in [6, 6.07) is 15.7. The van der Waals surface area contributed by atoms with Crippen LogP contribution in [0.5, 0.6) is 0 Å². The summed E-state index contributed by atoms with van der Waals surface area (Å²) < 4.78 is 18.8. The number of methoxy groups -OCH3 is 1. The van der Waals surface area contributed by atoms with Gasteiger partial charge in [0.1, 0.15) is 5.82 Å². The summed E-state index contributed by atoms with van der Waals surface area (Å²) in [5.74, 6) is 0.0847. The van der Waals surface area contributed by atoms with Crippen LogP contribution in [0.2, 0.25) is 0 Å². The number of carbonyl (C=O) groups is 1. The van der Waals surface area contributed by atoms with E-state index in [-0.39, 0.29) is 17.6 Å². The van der Waals surface area contributed by atoms with Gasteiger partial charge in [-0.25, -0.2) is 9.38 Å². The van der Waals surface area contributed by atoms with Crippen LogP contribution in [0.4, 0.5) is 4.39 Å². The number of fused-ring (bicyclic) bond motifs is 1. The number of nitrogens with zero attached hydrogens (tertiary/aromatic N) is 2. The summed E-state index contributed by atoms with van der Waals surface area (Å²) in [4.78, 5) is 22.6. The molecule has 154 valence electrons. The number of carbonyl (C=O) groups excluding carboxylic acids is 1. The van der Waals surface area contributed by atoms with E-state index in [2.05, 4.69) is 16.6 Å². The van der Waals surface area contributed by atoms with Crippen molar-refractivity contribution in [2.24, 2.45) is 10.9 Å². The molecule has 0 saturated carbocycles. The van der Waals surface area contributed by atoms with Crippen LogP contribution in [0, 0.1) is 11.7 Å². The smallest absolute Gasteiger partial charge is 0.253 e. The first kappa shape index (κ1) is 19.9. The zero-order valence-corrected chi connectivity index (χ0v) is 16.9. The summed E-state index contributed by atoms with van der Waals surface area (Å²) >= 11 is 0. The molecule has 1 fully saturated rings. The maximum absolute atomic E-state index is 13.2. The molecule has 0 spiro atoms. The Hall–Kier alpha value is -3.41. The van der Waals surface area contributed by atoms with Crippen LogP contribution in [-0.4, -0.2) is 41.9 Å². The maximum atomic E-state index is 13.2. The average Bonchev–Trinajstić information content (AvgIpc) is 3.22. The topological polar surface area (TPSA) is 57.7 Å². The second-order valence-electron chi connectivity index (χ2n) is 7.47. The molecular formula is C24H24FN3O2. The monoisotopic (exact) mass is 405 g/mol. The number of para-hydroxylation sites is 1. The van der Waals surface area contributed by atoms with E-state index in [0.29, 0.717) is 30.2 Å². The largest absolute Gasteiger partial charge is 0.484 e. The number of aromatic amines is 1. The van der Waals surface area contributed by atoms with E-state index in [9.17, 15) is 9.18 Å². The fourth-order valence-corrected chi connectivity index (χ4v) is 3.86. The molecule has 5 nitrogen and oxygen atoms in total. The minimum atomic E-state index is -0.354. The Morgan fingerprint density at radius 3 is 2.73 bits per heavy atom. The third kappa shape index (κ3) is 4.13. The van der Waals surface area contributed by atoms with Gasteiger partial charge >= 0.3 is 0 Å². The van der Waals surface area contributed by atoms with Crippen molar-refractivity contribution in [1.29, 1.82) is 0 Å². The summed E-state index contributed by atoms with van der Waals surface area (Å²) in [5, 5.41) is 1.09. The molecule has 3 aromatic rings. The Bertz CT molecular complexity index is 1070. The lowest BCUT2D eigenvalue weighted by atomic mass is 9.97. The Kier molecular flexibility index (Phi) is 5.65. The minimum Gasteiger partial charge on any atom is -0.484 e. The zero-order chi connectivity index (χ0) is 21.1. The highest BCUT2D eigenvalue weighted by Crippen LogP contribution is 2.24. The van der Waals surface area contributed by atoms with Gasteiger partial charge in [0.2, 0.25) is 0 Å². The number of hydrogen-bond acceptors (Lipinski definition) is 3. The van der Waals surface area contributed by atoms with Gasteiger partial charge in [-0.05, 0) is 49.2 Å². The molecule has 0 radical (unpaired) electrons. The van der Waals surface area contributed by atoms with Crippen LogP contribution in [0.3, 0.4) is 0 Å². The number of rotatable bonds is 4. The van der Waals surface area contributed by atoms with Crippen LogP contribution >= 0.6 is 0 Å². The van der Waals surface area contributed by atoms with E-state index in [1.807, 2.05) is 30.3 Å². The van der Waals surface area contributed by atoms with E-state index in [4.69, 9.17) is 4.74 Å². The number of benzene rings is 2. The predicted octanol–water partition coefficient (Wildman–Crippen LogP) is 4.88. The van der Waals surface area contributed by atoms with E-state index in [0.717, 1.165) is 29.4 Å². The number of hydrogen-bond donors (Lipinski definition) is 1. The maximum Gasteiger partial charge on any atom is 0.253 e. The van der Waals surface area contributed by atoms with Gasteiger partial charge in [0, 0.05) is 29.6 Å². The number of piperidine rings is 1. The quantitative estimate of drug-likeness (QED) is 0.497. The molecule has 1 aliphatic heterocycles. The van der Waals surface area contributed by atoms with E-state index >= 15 is 0 Å². The van der Waals surface area contributed by atoms with Crippen LogP contribution in [0.15, 0.2) is 66.2 Å². The van der Waals surface area contributed by atoms with E-state index < -0.39 is 0 Å². The molecule has 1 amide bonds. The molecule has 0 unspecified atom stereocenters. The zero-order valence-electron chi connectivity index (χ0n) is 16.9. The number of H-pyrrole nitrogens is 1. The van der Waals surface area contributed by atoms with Gasteiger partial charge in [0.05, 0.1) is 24.4 Å². The molecule has 6 heteroatoms. The lowest BCUT2D eigenvalue weighted by Gasteiger charge is -2.32. The molecular weight excluding hydrogens is 381 g/mol. The van der Waals surface area contributed by atoms with Crippen molar-refractivity contribution in [2.45, 2.75) is 12.8 Å². The van der Waals surface area contributed by atoms with Crippen LogP contribution in [0.25, 0.3) is 16.6 Å². The Morgan fingerprint density at radius 2 is 2.00 bits per heavy atom. The molecule has 1 atom stereocenters. The lowest BCUT2D eigenvalue weighted by molar-refractivity contribution is 0.0695. The van der Waals surface area contributed by atoms with Crippen molar-refractivity contribution in [1.82, 2.24) is 9.88 Å². The first-order valence-corrected chi connectivity index (χ1v) is 9.99. The normalized spacial score (nSPS) is 17.2. The molecule has 30 heavy (non-hydrogen) atoms. The summed E-state index contributed by atoms with van der Waals surface area (Å²) in [7, 11) is 1.60. The number of amides is 1. The highest BCUT2D eigenvalue weighted by molar-refractivity contribution is 5.95. The average molecular weight is 405 g/mol. The van der Waals surface area contributed by atoms with Gasteiger partial charge in [-0.3, -0.25) is 4.79 Å². The molecule has 2 heterocycles. The number of ether oxygens (including phenoxy) is 1. The molecule has 0 bridgehead atoms. The van der Waals surface area contributed by atoms with Crippen LogP contribution in [-0.2, 0) is 4.74 Å². The third-order valence-corrected chi connectivity index (χ3v) is 5.44. The van der Waals surface area contributed by atoms with Crippen molar-refractivity contribution in [3.05, 3.63) is 78.3 Å². The number of halogens is 1. The highest BCUT2D eigenvalue weighted by atomic mass is 19.1. The molecule has 1 aliphatic rings. The third-order valence-electron chi connectivity index (χ3n) is 5.44. The van der Waals surface area contributed by atoms with Crippen molar-refractivity contribution in [2.75, 3.05) is 20.2 Å². The van der Waals surface area contributed by atoms with Crippen molar-refractivity contribution in [3.63, 3.8) is 0 Å². The Morgan fingerprint density at radius 1 is 1.23 bits per heavy atom. The SMILES string of the molecule is C=C(/N=C(\OC)[C@H]1CCCN(C(=O)c2ccc(F)cc2)C1)c1cc2ccccc2[nH]1. The molecule has 1 N–H and O–H groups in total. The van der Waals surface area contributed by atoms with Gasteiger partial charge < -0.3 is 14.6 Å². The molecule has 4 rings (SSSR count). The molecule has 1 aromatic heterocycles. The van der Waals surface area contributed by atoms with Crippen LogP contribution < -0.4 is 0 Å². The van der Waals surface area contributed by atoms with Gasteiger partial charge in [-0.1, -0.05) is 24.8 Å². The summed E-state index contributed by atoms with van der Waals surface area (Å²) in [6.07, 6.45) is 1.72. The molecule has 1 saturated heterocycles. The summed E-state index contributed by atoms with van der Waals surface area (Å²) in [6.45, 7) is 5.26. The number of likely N-dealkylation sites (tertiary alicyclic amines) is 1. The van der Waals surface area contributed by atoms with Gasteiger partial charge in [0.25, 0.3) is 5.91 Å². The lowest BCUT2D eigenvalue weighted by Crippen LogP contribution is -2.42. The number of aromatic nitrogens is 1. The van der Waals surface area contributed by atoms with Crippen molar-refractivity contribution < 1.29 is 13.9 Å². The second kappa shape index (κ2) is 8.53. The summed E-state index contributed by atoms with van der Waals surface area (Å²) in [5.41, 5.74) is 2.93. The highest BCUT2D eigenvalue weighted by Gasteiger charge is 2.28. The number of nitrogens with one attached hydrogen (secondary N) is 1. The minimum absolute atomic E-state index is 0.0192. The standard InChI is InChI=1S/C24H24FN3O2/c1-16(22-14-18-6-3-4-8-21(18)27-22)26-23(30-2)19-7-5-13-28(15-19)24(29)17-9-11-20(25)12-10-17/h3-4,6,8-12,14,19,27H,1,5,7,13,15H2,2H3/b26-23-/t19-/m0/s1. The van der Waals surface area contributed by atoms with E-state index in [1.54, 1.807) is 12.0 Å². The molecule has 0 aliphatic carbocycles. The van der Waals surface area contributed by atoms with Crippen molar-refractivity contribution in [3.8, 4) is 0 Å².